The largest absolute Gasteiger partial charge is 0.494 e. The van der Waals surface area contributed by atoms with Gasteiger partial charge < -0.3 is 9.84 Å². The lowest BCUT2D eigenvalue weighted by Crippen LogP contribution is -1.97. The minimum absolute atomic E-state index is 0.316. The van der Waals surface area contributed by atoms with Gasteiger partial charge in [0.2, 0.25) is 0 Å². The zero-order valence-electron chi connectivity index (χ0n) is 13.1. The number of aryl methyl sites for hydroxylation is 1. The lowest BCUT2D eigenvalue weighted by molar-refractivity contribution is -0.137. The summed E-state index contributed by atoms with van der Waals surface area (Å²) in [6, 6.07) is 8.18. The topological polar surface area (TPSA) is 46.5 Å². The molecule has 0 spiro atoms. The highest BCUT2D eigenvalue weighted by atomic mass is 16.5. The van der Waals surface area contributed by atoms with E-state index in [4.69, 9.17) is 9.84 Å². The Hall–Kier alpha value is -1.51. The van der Waals surface area contributed by atoms with Crippen molar-refractivity contribution < 1.29 is 14.6 Å². The van der Waals surface area contributed by atoms with Gasteiger partial charge in [0, 0.05) is 6.42 Å². The van der Waals surface area contributed by atoms with Gasteiger partial charge in [0.15, 0.2) is 0 Å². The molecule has 0 aliphatic heterocycles. The number of hydrogen-bond acceptors (Lipinski definition) is 2. The van der Waals surface area contributed by atoms with Gasteiger partial charge in [-0.15, -0.1) is 0 Å². The summed E-state index contributed by atoms with van der Waals surface area (Å²) in [7, 11) is 0. The van der Waals surface area contributed by atoms with Gasteiger partial charge in [0.1, 0.15) is 5.75 Å². The van der Waals surface area contributed by atoms with Gasteiger partial charge in [-0.05, 0) is 31.9 Å². The van der Waals surface area contributed by atoms with Crippen LogP contribution in [0.2, 0.25) is 0 Å². The number of aliphatic carboxylic acids is 1. The van der Waals surface area contributed by atoms with E-state index in [1.807, 2.05) is 12.1 Å². The van der Waals surface area contributed by atoms with Crippen LogP contribution in [-0.4, -0.2) is 17.7 Å². The molecule has 0 aromatic heterocycles. The van der Waals surface area contributed by atoms with Crippen molar-refractivity contribution in [2.45, 2.75) is 64.7 Å². The highest BCUT2D eigenvalue weighted by Crippen LogP contribution is 2.13. The van der Waals surface area contributed by atoms with Crippen molar-refractivity contribution in [1.29, 1.82) is 0 Å². The molecule has 0 aliphatic rings. The van der Waals surface area contributed by atoms with E-state index in [-0.39, 0.29) is 0 Å². The van der Waals surface area contributed by atoms with Crippen LogP contribution >= 0.6 is 0 Å². The number of unbranched alkanes of at least 4 members (excludes halogenated alkanes) is 7. The van der Waals surface area contributed by atoms with Crippen LogP contribution in [0.5, 0.6) is 5.75 Å². The SMILES string of the molecule is Cc1ccc(OCCCCCCCCCCC(=O)O)cc1. The lowest BCUT2D eigenvalue weighted by Gasteiger charge is -2.06. The van der Waals surface area contributed by atoms with Gasteiger partial charge in [-0.25, -0.2) is 0 Å². The van der Waals surface area contributed by atoms with Crippen LogP contribution in [0.25, 0.3) is 0 Å². The van der Waals surface area contributed by atoms with E-state index in [1.54, 1.807) is 0 Å². The minimum Gasteiger partial charge on any atom is -0.494 e. The molecule has 0 bridgehead atoms. The minimum atomic E-state index is -0.677. The van der Waals surface area contributed by atoms with Gasteiger partial charge >= 0.3 is 5.97 Å². The van der Waals surface area contributed by atoms with Crippen molar-refractivity contribution >= 4 is 5.97 Å². The molecule has 21 heavy (non-hydrogen) atoms. The summed E-state index contributed by atoms with van der Waals surface area (Å²) in [5.41, 5.74) is 1.26. The maximum atomic E-state index is 10.3. The van der Waals surface area contributed by atoms with Crippen LogP contribution in [0, 0.1) is 6.92 Å². The molecule has 118 valence electrons. The first kappa shape index (κ1) is 17.5. The molecule has 0 saturated heterocycles. The molecule has 0 atom stereocenters. The van der Waals surface area contributed by atoms with Crippen molar-refractivity contribution in [3.05, 3.63) is 29.8 Å². The standard InChI is InChI=1S/C18H28O3/c1-16-11-13-17(14-12-16)21-15-9-7-5-3-2-4-6-8-10-18(19)20/h11-14H,2-10,15H2,1H3,(H,19,20). The first-order valence-electron chi connectivity index (χ1n) is 8.10. The van der Waals surface area contributed by atoms with Crippen molar-refractivity contribution in [3.8, 4) is 5.75 Å². The van der Waals surface area contributed by atoms with E-state index < -0.39 is 5.97 Å². The molecular weight excluding hydrogens is 264 g/mol. The van der Waals surface area contributed by atoms with Crippen LogP contribution < -0.4 is 4.74 Å². The molecule has 0 amide bonds. The molecule has 0 aliphatic carbocycles. The first-order chi connectivity index (χ1) is 10.2. The summed E-state index contributed by atoms with van der Waals surface area (Å²) in [5.74, 6) is 0.280. The van der Waals surface area contributed by atoms with Crippen LogP contribution in [0.4, 0.5) is 0 Å². The van der Waals surface area contributed by atoms with E-state index in [0.717, 1.165) is 38.0 Å². The molecule has 0 fully saturated rings. The predicted octanol–water partition coefficient (Wildman–Crippen LogP) is 4.97. The summed E-state index contributed by atoms with van der Waals surface area (Å²) in [5, 5.41) is 8.52. The summed E-state index contributed by atoms with van der Waals surface area (Å²) in [6.45, 7) is 2.87. The Balaban J connectivity index is 1.84. The van der Waals surface area contributed by atoms with Gasteiger partial charge in [-0.3, -0.25) is 4.79 Å². The lowest BCUT2D eigenvalue weighted by atomic mass is 10.1. The van der Waals surface area contributed by atoms with E-state index in [1.165, 1.54) is 31.2 Å². The zero-order valence-corrected chi connectivity index (χ0v) is 13.1. The summed E-state index contributed by atoms with van der Waals surface area (Å²) in [4.78, 5) is 10.3. The third-order valence-corrected chi connectivity index (χ3v) is 3.57. The van der Waals surface area contributed by atoms with Crippen molar-refractivity contribution in [3.63, 3.8) is 0 Å². The number of hydrogen-bond donors (Lipinski definition) is 1. The Labute approximate surface area is 128 Å². The fraction of sp³-hybridized carbons (Fsp3) is 0.611. The average molecular weight is 292 g/mol. The second-order valence-electron chi connectivity index (χ2n) is 5.63. The average Bonchev–Trinajstić information content (AvgIpc) is 2.46. The Morgan fingerprint density at radius 2 is 1.43 bits per heavy atom. The number of rotatable bonds is 12. The second-order valence-corrected chi connectivity index (χ2v) is 5.63. The molecule has 1 rings (SSSR count). The molecule has 3 heteroatoms. The Morgan fingerprint density at radius 3 is 2.00 bits per heavy atom. The molecule has 1 aromatic rings. The predicted molar refractivity (Wildman–Crippen MR) is 85.9 cm³/mol. The van der Waals surface area contributed by atoms with Crippen LogP contribution in [0.1, 0.15) is 63.4 Å². The van der Waals surface area contributed by atoms with E-state index >= 15 is 0 Å². The molecule has 0 unspecified atom stereocenters. The van der Waals surface area contributed by atoms with Gasteiger partial charge in [-0.1, -0.05) is 56.2 Å². The van der Waals surface area contributed by atoms with Crippen LogP contribution in [0.3, 0.4) is 0 Å². The smallest absolute Gasteiger partial charge is 0.303 e. The number of carbonyl (C=O) groups is 1. The third kappa shape index (κ3) is 9.94. The van der Waals surface area contributed by atoms with Gasteiger partial charge in [-0.2, -0.15) is 0 Å². The fourth-order valence-electron chi connectivity index (χ4n) is 2.26. The van der Waals surface area contributed by atoms with Gasteiger partial charge in [0.25, 0.3) is 0 Å². The second kappa shape index (κ2) is 11.2. The van der Waals surface area contributed by atoms with Crippen molar-refractivity contribution in [2.75, 3.05) is 6.61 Å². The zero-order chi connectivity index (χ0) is 15.3. The number of ether oxygens (including phenoxy) is 1. The Morgan fingerprint density at radius 1 is 0.905 bits per heavy atom. The first-order valence-corrected chi connectivity index (χ1v) is 8.10. The Kier molecular flexibility index (Phi) is 9.34. The molecule has 0 radical (unpaired) electrons. The summed E-state index contributed by atoms with van der Waals surface area (Å²) < 4.78 is 5.69. The third-order valence-electron chi connectivity index (χ3n) is 3.57. The quantitative estimate of drug-likeness (QED) is 0.553. The maximum absolute atomic E-state index is 10.3. The monoisotopic (exact) mass is 292 g/mol. The fourth-order valence-corrected chi connectivity index (χ4v) is 2.26. The molecule has 1 N–H and O–H groups in total. The number of benzene rings is 1. The number of carboxylic acid groups (broad SMARTS) is 1. The maximum Gasteiger partial charge on any atom is 0.303 e. The highest BCUT2D eigenvalue weighted by Gasteiger charge is 1.97. The van der Waals surface area contributed by atoms with Crippen LogP contribution in [-0.2, 0) is 4.79 Å². The normalized spacial score (nSPS) is 10.5. The molecule has 1 aromatic carbocycles. The number of carboxylic acids is 1. The van der Waals surface area contributed by atoms with Crippen LogP contribution in [0.15, 0.2) is 24.3 Å². The van der Waals surface area contributed by atoms with Crippen molar-refractivity contribution in [1.82, 2.24) is 0 Å². The van der Waals surface area contributed by atoms with Gasteiger partial charge in [0.05, 0.1) is 6.61 Å². The van der Waals surface area contributed by atoms with Crippen molar-refractivity contribution in [2.24, 2.45) is 0 Å². The van der Waals surface area contributed by atoms with E-state index in [0.29, 0.717) is 6.42 Å². The van der Waals surface area contributed by atoms with E-state index in [2.05, 4.69) is 19.1 Å². The summed E-state index contributed by atoms with van der Waals surface area (Å²) in [6.07, 6.45) is 9.37. The molecule has 0 saturated carbocycles. The Bertz CT molecular complexity index is 384. The molecule has 0 heterocycles. The molecular formula is C18H28O3. The molecule has 3 nitrogen and oxygen atoms in total. The van der Waals surface area contributed by atoms with E-state index in [9.17, 15) is 4.79 Å². The highest BCUT2D eigenvalue weighted by molar-refractivity contribution is 5.66. The summed E-state index contributed by atoms with van der Waals surface area (Å²) >= 11 is 0.